The van der Waals surface area contributed by atoms with Gasteiger partial charge in [-0.2, -0.15) is 5.21 Å². The monoisotopic (exact) mass is 375 g/mol. The van der Waals surface area contributed by atoms with Crippen molar-refractivity contribution in [2.75, 3.05) is 6.26 Å². The lowest BCUT2D eigenvalue weighted by molar-refractivity contribution is 0.0686. The number of nitrogens with zero attached hydrogens (tertiary/aromatic N) is 2. The summed E-state index contributed by atoms with van der Waals surface area (Å²) in [5.74, 6) is -1.14. The molecule has 3 rings (SSSR count). The van der Waals surface area contributed by atoms with Gasteiger partial charge in [0.05, 0.1) is 4.90 Å². The van der Waals surface area contributed by atoms with Gasteiger partial charge < -0.3 is 5.11 Å². The minimum absolute atomic E-state index is 0.120. The minimum atomic E-state index is -3.22. The number of nitrogens with one attached hydrogen (secondary N) is 1. The van der Waals surface area contributed by atoms with Crippen molar-refractivity contribution in [2.24, 2.45) is 0 Å². The van der Waals surface area contributed by atoms with Gasteiger partial charge in [0.1, 0.15) is 0 Å². The van der Waals surface area contributed by atoms with Gasteiger partial charge in [-0.1, -0.05) is 36.0 Å². The van der Waals surface area contributed by atoms with Crippen molar-refractivity contribution < 1.29 is 18.3 Å². The number of sulfone groups is 1. The number of aromatic carboxylic acids is 1. The van der Waals surface area contributed by atoms with Crippen molar-refractivity contribution in [3.8, 4) is 11.1 Å². The molecular formula is C16H13N3O4S2. The van der Waals surface area contributed by atoms with E-state index in [4.69, 9.17) is 5.11 Å². The van der Waals surface area contributed by atoms with E-state index in [0.29, 0.717) is 0 Å². The zero-order chi connectivity index (χ0) is 18.0. The molecule has 0 saturated carbocycles. The smallest absolute Gasteiger partial charge is 0.359 e. The van der Waals surface area contributed by atoms with Crippen LogP contribution in [-0.4, -0.2) is 41.2 Å². The van der Waals surface area contributed by atoms with Crippen molar-refractivity contribution >= 4 is 27.6 Å². The van der Waals surface area contributed by atoms with Crippen LogP contribution >= 0.6 is 11.8 Å². The summed E-state index contributed by atoms with van der Waals surface area (Å²) in [5.41, 5.74) is 1.69. The summed E-state index contributed by atoms with van der Waals surface area (Å²) < 4.78 is 23.0. The van der Waals surface area contributed by atoms with Gasteiger partial charge in [0.25, 0.3) is 0 Å². The predicted molar refractivity (Wildman–Crippen MR) is 92.5 cm³/mol. The lowest BCUT2D eigenvalue weighted by atomic mass is 10.1. The molecule has 0 amide bonds. The Morgan fingerprint density at radius 1 is 1.00 bits per heavy atom. The molecule has 0 spiro atoms. The normalized spacial score (nSPS) is 11.4. The summed E-state index contributed by atoms with van der Waals surface area (Å²) in [6, 6.07) is 14.1. The van der Waals surface area contributed by atoms with Gasteiger partial charge in [-0.15, -0.1) is 10.2 Å². The summed E-state index contributed by atoms with van der Waals surface area (Å²) in [6.07, 6.45) is 1.17. The van der Waals surface area contributed by atoms with Crippen LogP contribution in [0.15, 0.2) is 63.3 Å². The summed E-state index contributed by atoms with van der Waals surface area (Å²) in [5, 5.41) is 19.1. The third-order valence-corrected chi connectivity index (χ3v) is 5.52. The average Bonchev–Trinajstić information content (AvgIpc) is 3.03. The number of benzene rings is 2. The highest BCUT2D eigenvalue weighted by molar-refractivity contribution is 7.99. The van der Waals surface area contributed by atoms with Crippen LogP contribution in [-0.2, 0) is 9.84 Å². The second kappa shape index (κ2) is 6.69. The quantitative estimate of drug-likeness (QED) is 0.705. The number of carboxylic acids is 1. The Bertz CT molecular complexity index is 1010. The lowest BCUT2D eigenvalue weighted by Crippen LogP contribution is -1.98. The van der Waals surface area contributed by atoms with Crippen LogP contribution in [0.2, 0.25) is 0 Å². The average molecular weight is 375 g/mol. The van der Waals surface area contributed by atoms with Crippen molar-refractivity contribution in [3.05, 3.63) is 54.2 Å². The molecule has 0 bridgehead atoms. The fraction of sp³-hybridized carbons (Fsp3) is 0.0625. The Balaban J connectivity index is 1.80. The molecule has 1 aromatic heterocycles. The number of carboxylic acid groups (broad SMARTS) is 1. The van der Waals surface area contributed by atoms with E-state index in [9.17, 15) is 13.2 Å². The Hall–Kier alpha value is -2.65. The van der Waals surface area contributed by atoms with Gasteiger partial charge in [-0.3, -0.25) is 0 Å². The highest BCUT2D eigenvalue weighted by Gasteiger charge is 2.16. The van der Waals surface area contributed by atoms with Gasteiger partial charge in [-0.25, -0.2) is 13.2 Å². The Morgan fingerprint density at radius 3 is 2.08 bits per heavy atom. The zero-order valence-electron chi connectivity index (χ0n) is 13.0. The molecule has 7 nitrogen and oxygen atoms in total. The predicted octanol–water partition coefficient (Wildman–Crippen LogP) is 2.72. The van der Waals surface area contributed by atoms with Gasteiger partial charge in [0.2, 0.25) is 5.69 Å². The fourth-order valence-corrected chi connectivity index (χ4v) is 3.60. The number of carbonyl (C=O) groups is 1. The first-order valence-electron chi connectivity index (χ1n) is 7.07. The third-order valence-electron chi connectivity index (χ3n) is 3.40. The van der Waals surface area contributed by atoms with Gasteiger partial charge in [0.15, 0.2) is 14.9 Å². The number of rotatable bonds is 5. The minimum Gasteiger partial charge on any atom is -0.476 e. The van der Waals surface area contributed by atoms with E-state index in [1.54, 1.807) is 24.3 Å². The summed E-state index contributed by atoms with van der Waals surface area (Å²) >= 11 is 1.19. The molecule has 0 aliphatic rings. The van der Waals surface area contributed by atoms with Crippen LogP contribution in [0.5, 0.6) is 0 Å². The molecule has 1 heterocycles. The third kappa shape index (κ3) is 3.89. The van der Waals surface area contributed by atoms with Crippen molar-refractivity contribution in [1.29, 1.82) is 0 Å². The summed E-state index contributed by atoms with van der Waals surface area (Å²) in [4.78, 5) is 12.1. The Labute approximate surface area is 148 Å². The number of hydrogen-bond donors (Lipinski definition) is 2. The fourth-order valence-electron chi connectivity index (χ4n) is 2.15. The maximum absolute atomic E-state index is 11.5. The molecular weight excluding hydrogens is 362 g/mol. The van der Waals surface area contributed by atoms with Crippen LogP contribution in [0.3, 0.4) is 0 Å². The van der Waals surface area contributed by atoms with Crippen LogP contribution in [0, 0.1) is 0 Å². The Morgan fingerprint density at radius 2 is 1.56 bits per heavy atom. The number of aromatic amines is 1. The van der Waals surface area contributed by atoms with Crippen LogP contribution in [0.1, 0.15) is 10.5 Å². The first-order valence-corrected chi connectivity index (χ1v) is 9.78. The number of hydrogen-bond acceptors (Lipinski definition) is 6. The van der Waals surface area contributed by atoms with Crippen molar-refractivity contribution in [2.45, 2.75) is 14.8 Å². The van der Waals surface area contributed by atoms with E-state index in [2.05, 4.69) is 15.4 Å². The van der Waals surface area contributed by atoms with E-state index < -0.39 is 15.8 Å². The van der Waals surface area contributed by atoms with Gasteiger partial charge >= 0.3 is 5.97 Å². The van der Waals surface area contributed by atoms with Crippen LogP contribution in [0.4, 0.5) is 0 Å². The molecule has 9 heteroatoms. The SMILES string of the molecule is CS(=O)(=O)c1ccc(-c2ccc(Sc3n[nH]nc3C(=O)O)cc2)cc1. The molecule has 3 aromatic rings. The lowest BCUT2D eigenvalue weighted by Gasteiger charge is -2.05. The first-order chi connectivity index (χ1) is 11.8. The van der Waals surface area contributed by atoms with Crippen LogP contribution in [0.25, 0.3) is 11.1 Å². The second-order valence-corrected chi connectivity index (χ2v) is 8.28. The highest BCUT2D eigenvalue weighted by atomic mass is 32.2. The van der Waals surface area contributed by atoms with E-state index >= 15 is 0 Å². The van der Waals surface area contributed by atoms with Gasteiger partial charge in [0, 0.05) is 11.2 Å². The molecule has 128 valence electrons. The maximum atomic E-state index is 11.5. The van der Waals surface area contributed by atoms with Crippen molar-refractivity contribution in [3.63, 3.8) is 0 Å². The standard InChI is InChI=1S/C16H13N3O4S2/c1-25(22,23)13-8-4-11(5-9-13)10-2-6-12(7-3-10)24-15-14(16(20)21)17-19-18-15/h2-9H,1H3,(H,20,21)(H,17,18,19). The topological polar surface area (TPSA) is 113 Å². The van der Waals surface area contributed by atoms with E-state index in [1.165, 1.54) is 18.0 Å². The molecule has 2 N–H and O–H groups in total. The molecule has 0 atom stereocenters. The van der Waals surface area contributed by atoms with Crippen LogP contribution < -0.4 is 0 Å². The molecule has 25 heavy (non-hydrogen) atoms. The van der Waals surface area contributed by atoms with Crippen molar-refractivity contribution in [1.82, 2.24) is 15.4 Å². The van der Waals surface area contributed by atoms with E-state index in [1.807, 2.05) is 24.3 Å². The molecule has 0 fully saturated rings. The molecule has 2 aromatic carbocycles. The number of H-pyrrole nitrogens is 1. The van der Waals surface area contributed by atoms with E-state index in [0.717, 1.165) is 16.0 Å². The summed E-state index contributed by atoms with van der Waals surface area (Å²) in [7, 11) is -3.22. The Kier molecular flexibility index (Phi) is 4.60. The first kappa shape index (κ1) is 17.2. The molecule has 0 saturated heterocycles. The molecule has 0 aliphatic heterocycles. The van der Waals surface area contributed by atoms with E-state index in [-0.39, 0.29) is 15.6 Å². The highest BCUT2D eigenvalue weighted by Crippen LogP contribution is 2.30. The zero-order valence-corrected chi connectivity index (χ0v) is 14.6. The maximum Gasteiger partial charge on any atom is 0.359 e. The molecule has 0 aliphatic carbocycles. The second-order valence-electron chi connectivity index (χ2n) is 5.21. The summed E-state index contributed by atoms with van der Waals surface area (Å²) in [6.45, 7) is 0. The molecule has 0 unspecified atom stereocenters. The largest absolute Gasteiger partial charge is 0.476 e. The molecule has 0 radical (unpaired) electrons. The number of aromatic nitrogens is 3. The van der Waals surface area contributed by atoms with Gasteiger partial charge in [-0.05, 0) is 35.4 Å².